The highest BCUT2D eigenvalue weighted by Crippen LogP contribution is 2.24. The summed E-state index contributed by atoms with van der Waals surface area (Å²) in [7, 11) is 3.82. The molecule has 0 saturated heterocycles. The molecule has 2 N–H and O–H groups in total. The molecule has 154 valence electrons. The first-order valence-corrected chi connectivity index (χ1v) is 9.53. The summed E-state index contributed by atoms with van der Waals surface area (Å²) in [4.78, 5) is 10.8. The fourth-order valence-electron chi connectivity index (χ4n) is 3.03. The van der Waals surface area contributed by atoms with Crippen molar-refractivity contribution in [1.29, 1.82) is 0 Å². The highest BCUT2D eigenvalue weighted by atomic mass is 16.5. The van der Waals surface area contributed by atoms with E-state index in [9.17, 15) is 5.11 Å². The van der Waals surface area contributed by atoms with Crippen LogP contribution in [0.3, 0.4) is 0 Å². The smallest absolute Gasteiger partial charge is 0.227 e. The van der Waals surface area contributed by atoms with E-state index in [4.69, 9.17) is 4.74 Å². The summed E-state index contributed by atoms with van der Waals surface area (Å²) in [5.74, 6) is 1.16. The monoisotopic (exact) mass is 405 g/mol. The van der Waals surface area contributed by atoms with Gasteiger partial charge in [-0.2, -0.15) is 14.8 Å². The zero-order valence-corrected chi connectivity index (χ0v) is 16.8. The third kappa shape index (κ3) is 4.70. The van der Waals surface area contributed by atoms with Crippen molar-refractivity contribution >= 4 is 17.2 Å². The Morgan fingerprint density at radius 2 is 1.93 bits per heavy atom. The van der Waals surface area contributed by atoms with Crippen molar-refractivity contribution in [3.05, 3.63) is 61.1 Å². The maximum atomic E-state index is 9.90. The molecule has 0 fully saturated rings. The number of fused-ring (bicyclic) bond motifs is 1. The van der Waals surface area contributed by atoms with Gasteiger partial charge in [-0.15, -0.1) is 0 Å². The topological polar surface area (TPSA) is 101 Å². The molecule has 3 aromatic heterocycles. The molecule has 30 heavy (non-hydrogen) atoms. The zero-order valence-electron chi connectivity index (χ0n) is 16.8. The second-order valence-electron chi connectivity index (χ2n) is 7.10. The van der Waals surface area contributed by atoms with Crippen LogP contribution in [0.5, 0.6) is 5.75 Å². The van der Waals surface area contributed by atoms with Crippen LogP contribution in [0.4, 0.5) is 11.6 Å². The Balaban J connectivity index is 1.43. The number of hydrogen-bond donors (Lipinski definition) is 2. The number of anilines is 2. The van der Waals surface area contributed by atoms with Crippen LogP contribution < -0.4 is 10.1 Å². The third-order valence-electron chi connectivity index (χ3n) is 4.36. The minimum absolute atomic E-state index is 0.241. The maximum absolute atomic E-state index is 9.90. The molecule has 1 atom stereocenters. The van der Waals surface area contributed by atoms with Crippen LogP contribution in [0.2, 0.25) is 0 Å². The molecule has 0 aliphatic carbocycles. The molecule has 0 saturated carbocycles. The largest absolute Gasteiger partial charge is 0.491 e. The van der Waals surface area contributed by atoms with E-state index < -0.39 is 6.10 Å². The van der Waals surface area contributed by atoms with Gasteiger partial charge >= 0.3 is 0 Å². The van der Waals surface area contributed by atoms with Gasteiger partial charge in [0.2, 0.25) is 5.95 Å². The summed E-state index contributed by atoms with van der Waals surface area (Å²) in [6, 6.07) is 13.1. The molecular weight excluding hydrogens is 382 g/mol. The van der Waals surface area contributed by atoms with E-state index in [-0.39, 0.29) is 6.61 Å². The fourth-order valence-corrected chi connectivity index (χ4v) is 3.03. The summed E-state index contributed by atoms with van der Waals surface area (Å²) in [6.07, 6.45) is 4.59. The van der Waals surface area contributed by atoms with E-state index in [2.05, 4.69) is 25.5 Å². The molecule has 3 heterocycles. The molecular formula is C21H23N7O2. The number of aliphatic hydroxyl groups excluding tert-OH is 1. The van der Waals surface area contributed by atoms with Gasteiger partial charge in [-0.1, -0.05) is 0 Å². The average molecular weight is 405 g/mol. The lowest BCUT2D eigenvalue weighted by atomic mass is 10.2. The Labute approximate surface area is 174 Å². The molecule has 0 amide bonds. The Morgan fingerprint density at radius 1 is 1.10 bits per heavy atom. The lowest BCUT2D eigenvalue weighted by Gasteiger charge is -2.16. The second-order valence-corrected chi connectivity index (χ2v) is 7.10. The van der Waals surface area contributed by atoms with Gasteiger partial charge in [0.1, 0.15) is 18.5 Å². The van der Waals surface area contributed by atoms with Gasteiger partial charge in [0, 0.05) is 30.2 Å². The maximum Gasteiger partial charge on any atom is 0.227 e. The molecule has 4 aromatic rings. The Bertz CT molecular complexity index is 1110. The van der Waals surface area contributed by atoms with Crippen molar-refractivity contribution in [2.75, 3.05) is 32.6 Å². The van der Waals surface area contributed by atoms with Gasteiger partial charge < -0.3 is 20.1 Å². The predicted octanol–water partition coefficient (Wildman–Crippen LogP) is 2.23. The highest BCUT2D eigenvalue weighted by Gasteiger charge is 2.10. The minimum atomic E-state index is -0.538. The molecule has 4 rings (SSSR count). The molecule has 0 radical (unpaired) electrons. The van der Waals surface area contributed by atoms with Crippen molar-refractivity contribution in [2.45, 2.75) is 6.10 Å². The first kappa shape index (κ1) is 19.7. The SMILES string of the molecule is CN(C)CC(O)COc1ccc(Nc2nccc(-c3cnn4ncccc34)n2)cc1. The van der Waals surface area contributed by atoms with Crippen molar-refractivity contribution in [3.8, 4) is 17.0 Å². The molecule has 1 aromatic carbocycles. The summed E-state index contributed by atoms with van der Waals surface area (Å²) in [5, 5.41) is 21.5. The predicted molar refractivity (Wildman–Crippen MR) is 114 cm³/mol. The molecule has 9 nitrogen and oxygen atoms in total. The minimum Gasteiger partial charge on any atom is -0.491 e. The van der Waals surface area contributed by atoms with Gasteiger partial charge in [-0.05, 0) is 56.6 Å². The zero-order chi connectivity index (χ0) is 20.9. The molecule has 1 unspecified atom stereocenters. The van der Waals surface area contributed by atoms with E-state index >= 15 is 0 Å². The van der Waals surface area contributed by atoms with Crippen LogP contribution in [0, 0.1) is 0 Å². The van der Waals surface area contributed by atoms with Gasteiger partial charge in [-0.3, -0.25) is 0 Å². The van der Waals surface area contributed by atoms with E-state index in [0.717, 1.165) is 22.5 Å². The highest BCUT2D eigenvalue weighted by molar-refractivity contribution is 5.77. The summed E-state index contributed by atoms with van der Waals surface area (Å²) in [5.41, 5.74) is 3.34. The van der Waals surface area contributed by atoms with Crippen LogP contribution >= 0.6 is 0 Å². The lowest BCUT2D eigenvalue weighted by Crippen LogP contribution is -2.30. The Kier molecular flexibility index (Phi) is 5.82. The third-order valence-corrected chi connectivity index (χ3v) is 4.36. The van der Waals surface area contributed by atoms with Crippen molar-refractivity contribution in [1.82, 2.24) is 29.7 Å². The first-order chi connectivity index (χ1) is 14.6. The molecule has 0 bridgehead atoms. The standard InChI is InChI=1S/C21H23N7O2/c1-27(2)13-16(29)14-30-17-7-5-15(6-8-17)25-21-22-11-9-19(26-21)18-12-24-28-20(18)4-3-10-23-28/h3-12,16,29H,13-14H2,1-2H3,(H,22,25,26). The first-order valence-electron chi connectivity index (χ1n) is 9.53. The average Bonchev–Trinajstić information content (AvgIpc) is 3.17. The number of ether oxygens (including phenoxy) is 1. The van der Waals surface area contributed by atoms with Crippen LogP contribution in [-0.2, 0) is 0 Å². The van der Waals surface area contributed by atoms with Crippen molar-refractivity contribution in [3.63, 3.8) is 0 Å². The van der Waals surface area contributed by atoms with E-state index in [1.165, 1.54) is 0 Å². The van der Waals surface area contributed by atoms with Crippen LogP contribution in [0.25, 0.3) is 16.8 Å². The number of nitrogens with one attached hydrogen (secondary N) is 1. The van der Waals surface area contributed by atoms with Gasteiger partial charge in [-0.25, -0.2) is 9.97 Å². The quantitative estimate of drug-likeness (QED) is 0.460. The van der Waals surface area contributed by atoms with E-state index in [1.54, 1.807) is 23.2 Å². The van der Waals surface area contributed by atoms with Crippen LogP contribution in [0.1, 0.15) is 0 Å². The number of rotatable bonds is 8. The van der Waals surface area contributed by atoms with E-state index in [0.29, 0.717) is 18.2 Å². The number of aromatic nitrogens is 5. The summed E-state index contributed by atoms with van der Waals surface area (Å²) in [6.45, 7) is 0.792. The number of hydrogen-bond acceptors (Lipinski definition) is 8. The summed E-state index contributed by atoms with van der Waals surface area (Å²) < 4.78 is 7.20. The van der Waals surface area contributed by atoms with Gasteiger partial charge in [0.05, 0.1) is 17.4 Å². The number of nitrogens with zero attached hydrogens (tertiary/aromatic N) is 6. The van der Waals surface area contributed by atoms with E-state index in [1.807, 2.05) is 61.5 Å². The van der Waals surface area contributed by atoms with Crippen molar-refractivity contribution < 1.29 is 9.84 Å². The number of aliphatic hydroxyl groups is 1. The normalized spacial score (nSPS) is 12.3. The van der Waals surface area contributed by atoms with Gasteiger partial charge in [0.15, 0.2) is 0 Å². The number of benzene rings is 1. The second kappa shape index (κ2) is 8.85. The summed E-state index contributed by atoms with van der Waals surface area (Å²) >= 11 is 0. The van der Waals surface area contributed by atoms with Crippen molar-refractivity contribution in [2.24, 2.45) is 0 Å². The molecule has 0 aliphatic heterocycles. The van der Waals surface area contributed by atoms with Crippen LogP contribution in [0.15, 0.2) is 61.1 Å². The molecule has 0 spiro atoms. The molecule has 0 aliphatic rings. The lowest BCUT2D eigenvalue weighted by molar-refractivity contribution is 0.0831. The van der Waals surface area contributed by atoms with Gasteiger partial charge in [0.25, 0.3) is 0 Å². The van der Waals surface area contributed by atoms with Crippen LogP contribution in [-0.4, -0.2) is 68.2 Å². The number of likely N-dealkylation sites (N-methyl/N-ethyl adjacent to an activating group) is 1. The Morgan fingerprint density at radius 3 is 2.73 bits per heavy atom. The fraction of sp³-hybridized carbons (Fsp3) is 0.238. The Hall–Kier alpha value is -3.56. The molecule has 9 heteroatoms.